The smallest absolute Gasteiger partial charge is 0.323 e. The van der Waals surface area contributed by atoms with Crippen LogP contribution >= 0.6 is 0 Å². The van der Waals surface area contributed by atoms with E-state index in [1.54, 1.807) is 7.11 Å². The Hall–Kier alpha value is -0.650. The first-order valence-electron chi connectivity index (χ1n) is 6.01. The van der Waals surface area contributed by atoms with Gasteiger partial charge in [0.2, 0.25) is 0 Å². The van der Waals surface area contributed by atoms with Crippen LogP contribution in [-0.2, 0) is 19.0 Å². The largest absolute Gasteiger partial charge is 0.468 e. The lowest BCUT2D eigenvalue weighted by atomic mass is 10.1. The first-order valence-corrected chi connectivity index (χ1v) is 6.01. The maximum absolute atomic E-state index is 11.4. The molecule has 0 fully saturated rings. The van der Waals surface area contributed by atoms with Crippen molar-refractivity contribution in [2.45, 2.75) is 26.3 Å². The molecule has 0 aliphatic carbocycles. The topological polar surface area (TPSA) is 56.8 Å². The van der Waals surface area contributed by atoms with Gasteiger partial charge in [-0.2, -0.15) is 0 Å². The second-order valence-electron chi connectivity index (χ2n) is 4.16. The number of methoxy groups -OCH3 is 2. The van der Waals surface area contributed by atoms with E-state index in [0.717, 1.165) is 6.42 Å². The molecule has 102 valence electrons. The Bertz CT molecular complexity index is 197. The summed E-state index contributed by atoms with van der Waals surface area (Å²) in [5.74, 6) is -0.0182. The number of rotatable bonds is 10. The van der Waals surface area contributed by atoms with E-state index in [-0.39, 0.29) is 17.9 Å². The maximum atomic E-state index is 11.4. The fraction of sp³-hybridized carbons (Fsp3) is 0.917. The van der Waals surface area contributed by atoms with Gasteiger partial charge in [0.1, 0.15) is 6.04 Å². The predicted molar refractivity (Wildman–Crippen MR) is 66.0 cm³/mol. The molecule has 5 nitrogen and oxygen atoms in total. The third kappa shape index (κ3) is 8.12. The highest BCUT2D eigenvalue weighted by atomic mass is 16.5. The fourth-order valence-corrected chi connectivity index (χ4v) is 1.41. The molecule has 0 amide bonds. The molecule has 0 rings (SSSR count). The molecule has 0 saturated heterocycles. The standard InChI is InChI=1S/C12H25NO4/c1-10(2)11(12(14)16-4)13-6-9-17-8-5-7-15-3/h10-11,13H,5-9H2,1-4H3. The summed E-state index contributed by atoms with van der Waals surface area (Å²) in [4.78, 5) is 11.4. The molecule has 0 radical (unpaired) electrons. The second kappa shape index (κ2) is 10.5. The van der Waals surface area contributed by atoms with Crippen molar-refractivity contribution >= 4 is 5.97 Å². The summed E-state index contributed by atoms with van der Waals surface area (Å²) < 4.78 is 15.0. The van der Waals surface area contributed by atoms with Crippen molar-refractivity contribution < 1.29 is 19.0 Å². The first-order chi connectivity index (χ1) is 8.13. The van der Waals surface area contributed by atoms with Crippen LogP contribution in [0.2, 0.25) is 0 Å². The van der Waals surface area contributed by atoms with Crippen LogP contribution in [0, 0.1) is 5.92 Å². The van der Waals surface area contributed by atoms with Crippen LogP contribution in [0.5, 0.6) is 0 Å². The fourth-order valence-electron chi connectivity index (χ4n) is 1.41. The monoisotopic (exact) mass is 247 g/mol. The van der Waals surface area contributed by atoms with Crippen molar-refractivity contribution in [3.05, 3.63) is 0 Å². The Kier molecular flexibility index (Phi) is 10.1. The van der Waals surface area contributed by atoms with Crippen LogP contribution in [0.15, 0.2) is 0 Å². The number of hydrogen-bond acceptors (Lipinski definition) is 5. The van der Waals surface area contributed by atoms with Crippen molar-refractivity contribution in [1.82, 2.24) is 5.32 Å². The molecule has 1 N–H and O–H groups in total. The van der Waals surface area contributed by atoms with Gasteiger partial charge in [-0.3, -0.25) is 4.79 Å². The van der Waals surface area contributed by atoms with Gasteiger partial charge in [0, 0.05) is 26.9 Å². The molecular formula is C12H25NO4. The summed E-state index contributed by atoms with van der Waals surface area (Å²) in [6.07, 6.45) is 0.890. The SMILES string of the molecule is COCCCOCCNC(C(=O)OC)C(C)C. The molecule has 0 aliphatic rings. The minimum absolute atomic E-state index is 0.205. The molecule has 17 heavy (non-hydrogen) atoms. The molecular weight excluding hydrogens is 222 g/mol. The number of carbonyl (C=O) groups is 1. The van der Waals surface area contributed by atoms with E-state index in [9.17, 15) is 4.79 Å². The molecule has 0 heterocycles. The van der Waals surface area contributed by atoms with E-state index in [2.05, 4.69) is 5.32 Å². The molecule has 0 bridgehead atoms. The summed E-state index contributed by atoms with van der Waals surface area (Å²) in [5.41, 5.74) is 0. The van der Waals surface area contributed by atoms with Crippen molar-refractivity contribution in [3.63, 3.8) is 0 Å². The zero-order valence-corrected chi connectivity index (χ0v) is 11.3. The zero-order valence-electron chi connectivity index (χ0n) is 11.3. The third-order valence-corrected chi connectivity index (χ3v) is 2.37. The summed E-state index contributed by atoms with van der Waals surface area (Å²) in [6.45, 7) is 6.58. The van der Waals surface area contributed by atoms with Crippen LogP contribution in [0.4, 0.5) is 0 Å². The third-order valence-electron chi connectivity index (χ3n) is 2.37. The zero-order chi connectivity index (χ0) is 13.1. The number of carbonyl (C=O) groups excluding carboxylic acids is 1. The van der Waals surface area contributed by atoms with Crippen LogP contribution < -0.4 is 5.32 Å². The number of esters is 1. The van der Waals surface area contributed by atoms with Crippen LogP contribution in [0.3, 0.4) is 0 Å². The minimum Gasteiger partial charge on any atom is -0.468 e. The average molecular weight is 247 g/mol. The van der Waals surface area contributed by atoms with E-state index < -0.39 is 0 Å². The molecule has 1 unspecified atom stereocenters. The van der Waals surface area contributed by atoms with Gasteiger partial charge in [0.25, 0.3) is 0 Å². The van der Waals surface area contributed by atoms with Crippen molar-refractivity contribution in [2.75, 3.05) is 40.6 Å². The lowest BCUT2D eigenvalue weighted by molar-refractivity contribution is -0.144. The lowest BCUT2D eigenvalue weighted by Gasteiger charge is -2.19. The quantitative estimate of drug-likeness (QED) is 0.458. The van der Waals surface area contributed by atoms with Gasteiger partial charge in [0.15, 0.2) is 0 Å². The summed E-state index contributed by atoms with van der Waals surface area (Å²) in [6, 6.07) is -0.262. The van der Waals surface area contributed by atoms with Gasteiger partial charge in [-0.1, -0.05) is 13.8 Å². The van der Waals surface area contributed by atoms with Crippen LogP contribution in [0.25, 0.3) is 0 Å². The molecule has 5 heteroatoms. The van der Waals surface area contributed by atoms with E-state index in [4.69, 9.17) is 14.2 Å². The molecule has 0 aromatic rings. The van der Waals surface area contributed by atoms with Gasteiger partial charge < -0.3 is 19.5 Å². The lowest BCUT2D eigenvalue weighted by Crippen LogP contribution is -2.43. The van der Waals surface area contributed by atoms with Gasteiger partial charge in [-0.15, -0.1) is 0 Å². The van der Waals surface area contributed by atoms with Gasteiger partial charge in [0.05, 0.1) is 13.7 Å². The van der Waals surface area contributed by atoms with Gasteiger partial charge in [-0.25, -0.2) is 0 Å². The maximum Gasteiger partial charge on any atom is 0.323 e. The van der Waals surface area contributed by atoms with Crippen molar-refractivity contribution in [1.29, 1.82) is 0 Å². The molecule has 1 atom stereocenters. The predicted octanol–water partition coefficient (Wildman–Crippen LogP) is 0.827. The summed E-state index contributed by atoms with van der Waals surface area (Å²) in [7, 11) is 3.08. The first kappa shape index (κ1) is 16.4. The Balaban J connectivity index is 3.58. The minimum atomic E-state index is -0.262. The molecule has 0 spiro atoms. The Morgan fingerprint density at radius 2 is 1.88 bits per heavy atom. The number of nitrogens with one attached hydrogen (secondary N) is 1. The highest BCUT2D eigenvalue weighted by molar-refractivity contribution is 5.75. The summed E-state index contributed by atoms with van der Waals surface area (Å²) in [5, 5.41) is 3.13. The van der Waals surface area contributed by atoms with Crippen LogP contribution in [-0.4, -0.2) is 52.6 Å². The van der Waals surface area contributed by atoms with Gasteiger partial charge >= 0.3 is 5.97 Å². The number of ether oxygens (including phenoxy) is 3. The van der Waals surface area contributed by atoms with E-state index in [0.29, 0.717) is 26.4 Å². The Morgan fingerprint density at radius 1 is 1.18 bits per heavy atom. The van der Waals surface area contributed by atoms with E-state index >= 15 is 0 Å². The van der Waals surface area contributed by atoms with E-state index in [1.807, 2.05) is 13.8 Å². The highest BCUT2D eigenvalue weighted by Crippen LogP contribution is 2.02. The molecule has 0 aromatic heterocycles. The normalized spacial score (nSPS) is 12.8. The number of hydrogen-bond donors (Lipinski definition) is 1. The Labute approximate surface area is 104 Å². The van der Waals surface area contributed by atoms with E-state index in [1.165, 1.54) is 7.11 Å². The average Bonchev–Trinajstić information content (AvgIpc) is 2.31. The molecule has 0 aromatic carbocycles. The Morgan fingerprint density at radius 3 is 2.41 bits per heavy atom. The second-order valence-corrected chi connectivity index (χ2v) is 4.16. The van der Waals surface area contributed by atoms with Crippen molar-refractivity contribution in [3.8, 4) is 0 Å². The van der Waals surface area contributed by atoms with Gasteiger partial charge in [-0.05, 0) is 12.3 Å². The molecule has 0 aliphatic heterocycles. The molecule has 0 saturated carbocycles. The van der Waals surface area contributed by atoms with Crippen molar-refractivity contribution in [2.24, 2.45) is 5.92 Å². The van der Waals surface area contributed by atoms with Crippen LogP contribution in [0.1, 0.15) is 20.3 Å². The summed E-state index contributed by atoms with van der Waals surface area (Å²) >= 11 is 0. The highest BCUT2D eigenvalue weighted by Gasteiger charge is 2.21.